The molecule has 0 saturated heterocycles. The lowest BCUT2D eigenvalue weighted by atomic mass is 9.75. The quantitative estimate of drug-likeness (QED) is 0.725. The topological polar surface area (TPSA) is 12.0 Å². The molecule has 82 valence electrons. The summed E-state index contributed by atoms with van der Waals surface area (Å²) in [6.45, 7) is 6.09. The van der Waals surface area contributed by atoms with Gasteiger partial charge in [0.25, 0.3) is 0 Å². The van der Waals surface area contributed by atoms with E-state index in [1.807, 2.05) is 0 Å². The summed E-state index contributed by atoms with van der Waals surface area (Å²) in [5.74, 6) is 1.00. The molecule has 0 heterocycles. The van der Waals surface area contributed by atoms with E-state index >= 15 is 0 Å². The van der Waals surface area contributed by atoms with E-state index in [1.165, 1.54) is 51.5 Å². The molecule has 1 unspecified atom stereocenters. The molecule has 0 aromatic carbocycles. The van der Waals surface area contributed by atoms with E-state index in [4.69, 9.17) is 0 Å². The Morgan fingerprint density at radius 2 is 1.86 bits per heavy atom. The predicted octanol–water partition coefficient (Wildman–Crippen LogP) is 3.34. The van der Waals surface area contributed by atoms with Crippen LogP contribution >= 0.6 is 0 Å². The summed E-state index contributed by atoms with van der Waals surface area (Å²) in [6.07, 6.45) is 10.2. The highest BCUT2D eigenvalue weighted by atomic mass is 14.9. The number of nitrogens with one attached hydrogen (secondary N) is 1. The molecule has 1 heteroatoms. The van der Waals surface area contributed by atoms with Crippen LogP contribution in [-0.2, 0) is 0 Å². The Morgan fingerprint density at radius 1 is 1.21 bits per heavy atom. The minimum absolute atomic E-state index is 0.612. The van der Waals surface area contributed by atoms with Gasteiger partial charge in [0, 0.05) is 12.6 Å². The van der Waals surface area contributed by atoms with Gasteiger partial charge in [-0.3, -0.25) is 0 Å². The third kappa shape index (κ3) is 2.73. The van der Waals surface area contributed by atoms with Crippen LogP contribution in [0.15, 0.2) is 0 Å². The van der Waals surface area contributed by atoms with Crippen molar-refractivity contribution in [2.45, 2.75) is 64.8 Å². The van der Waals surface area contributed by atoms with Crippen LogP contribution < -0.4 is 5.32 Å². The minimum atomic E-state index is 0.612. The summed E-state index contributed by atoms with van der Waals surface area (Å²) in [5.41, 5.74) is 0.612. The van der Waals surface area contributed by atoms with Gasteiger partial charge in [-0.15, -0.1) is 0 Å². The van der Waals surface area contributed by atoms with Crippen LogP contribution in [0.4, 0.5) is 0 Å². The first kappa shape index (κ1) is 10.5. The fourth-order valence-corrected chi connectivity index (χ4v) is 2.75. The van der Waals surface area contributed by atoms with Gasteiger partial charge in [-0.25, -0.2) is 0 Å². The maximum Gasteiger partial charge on any atom is 0.00672 e. The van der Waals surface area contributed by atoms with Crippen LogP contribution in [0.3, 0.4) is 0 Å². The van der Waals surface area contributed by atoms with Crippen molar-refractivity contribution in [1.29, 1.82) is 0 Å². The molecular weight excluding hydrogens is 170 g/mol. The van der Waals surface area contributed by atoms with Crippen LogP contribution in [0.2, 0.25) is 0 Å². The van der Waals surface area contributed by atoms with Gasteiger partial charge in [0.15, 0.2) is 0 Å². The fraction of sp³-hybridized carbons (Fsp3) is 1.00. The van der Waals surface area contributed by atoms with Crippen LogP contribution in [0.1, 0.15) is 58.8 Å². The van der Waals surface area contributed by atoms with Crippen molar-refractivity contribution in [3.05, 3.63) is 0 Å². The minimum Gasteiger partial charge on any atom is -0.313 e. The SMILES string of the molecule is CC(NCC1(C)CCCCC1)C1CC1. The van der Waals surface area contributed by atoms with Gasteiger partial charge in [-0.1, -0.05) is 26.2 Å². The van der Waals surface area contributed by atoms with Gasteiger partial charge in [0.2, 0.25) is 0 Å². The first-order chi connectivity index (χ1) is 6.70. The highest BCUT2D eigenvalue weighted by Gasteiger charge is 2.31. The van der Waals surface area contributed by atoms with Gasteiger partial charge in [0.05, 0.1) is 0 Å². The second kappa shape index (κ2) is 4.22. The lowest BCUT2D eigenvalue weighted by Crippen LogP contribution is -2.39. The molecule has 0 amide bonds. The predicted molar refractivity (Wildman–Crippen MR) is 61.4 cm³/mol. The van der Waals surface area contributed by atoms with Gasteiger partial charge < -0.3 is 5.32 Å². The Morgan fingerprint density at radius 3 is 2.43 bits per heavy atom. The molecule has 2 aliphatic rings. The molecule has 0 aromatic rings. The largest absolute Gasteiger partial charge is 0.313 e. The van der Waals surface area contributed by atoms with Crippen molar-refractivity contribution in [2.24, 2.45) is 11.3 Å². The monoisotopic (exact) mass is 195 g/mol. The van der Waals surface area contributed by atoms with E-state index in [9.17, 15) is 0 Å². The molecule has 0 radical (unpaired) electrons. The van der Waals surface area contributed by atoms with E-state index in [-0.39, 0.29) is 0 Å². The molecule has 2 aliphatic carbocycles. The Balaban J connectivity index is 1.71. The average Bonchev–Trinajstić information content (AvgIpc) is 2.99. The van der Waals surface area contributed by atoms with Crippen molar-refractivity contribution in [1.82, 2.24) is 5.32 Å². The van der Waals surface area contributed by atoms with Crippen molar-refractivity contribution in [3.63, 3.8) is 0 Å². The molecule has 1 atom stereocenters. The zero-order chi connectivity index (χ0) is 10.0. The van der Waals surface area contributed by atoms with Gasteiger partial charge in [-0.05, 0) is 43.9 Å². The molecule has 1 N–H and O–H groups in total. The standard InChI is InChI=1S/C13H25N/c1-11(12-6-7-12)14-10-13(2)8-4-3-5-9-13/h11-12,14H,3-10H2,1-2H3. The van der Waals surface area contributed by atoms with Crippen LogP contribution in [-0.4, -0.2) is 12.6 Å². The summed E-state index contributed by atoms with van der Waals surface area (Å²) in [6, 6.07) is 0.772. The van der Waals surface area contributed by atoms with E-state index in [1.54, 1.807) is 0 Å². The molecule has 2 fully saturated rings. The average molecular weight is 195 g/mol. The lowest BCUT2D eigenvalue weighted by molar-refractivity contribution is 0.199. The zero-order valence-corrected chi connectivity index (χ0v) is 9.81. The Kier molecular flexibility index (Phi) is 3.16. The van der Waals surface area contributed by atoms with E-state index in [0.717, 1.165) is 12.0 Å². The van der Waals surface area contributed by atoms with Gasteiger partial charge >= 0.3 is 0 Å². The maximum absolute atomic E-state index is 3.75. The van der Waals surface area contributed by atoms with E-state index < -0.39 is 0 Å². The highest BCUT2D eigenvalue weighted by molar-refractivity contribution is 4.87. The first-order valence-corrected chi connectivity index (χ1v) is 6.43. The van der Waals surface area contributed by atoms with Gasteiger partial charge in [-0.2, -0.15) is 0 Å². The summed E-state index contributed by atoms with van der Waals surface area (Å²) < 4.78 is 0. The molecule has 2 rings (SSSR count). The third-order valence-electron chi connectivity index (χ3n) is 4.24. The zero-order valence-electron chi connectivity index (χ0n) is 9.81. The van der Waals surface area contributed by atoms with Crippen molar-refractivity contribution in [3.8, 4) is 0 Å². The molecule has 0 aliphatic heterocycles. The molecule has 14 heavy (non-hydrogen) atoms. The Hall–Kier alpha value is -0.0400. The second-order valence-electron chi connectivity index (χ2n) is 5.88. The van der Waals surface area contributed by atoms with Gasteiger partial charge in [0.1, 0.15) is 0 Å². The maximum atomic E-state index is 3.75. The second-order valence-corrected chi connectivity index (χ2v) is 5.88. The van der Waals surface area contributed by atoms with Crippen LogP contribution in [0.5, 0.6) is 0 Å². The third-order valence-corrected chi connectivity index (χ3v) is 4.24. The van der Waals surface area contributed by atoms with Crippen molar-refractivity contribution >= 4 is 0 Å². The van der Waals surface area contributed by atoms with E-state index in [0.29, 0.717) is 5.41 Å². The van der Waals surface area contributed by atoms with Crippen molar-refractivity contribution in [2.75, 3.05) is 6.54 Å². The molecule has 2 saturated carbocycles. The van der Waals surface area contributed by atoms with E-state index in [2.05, 4.69) is 19.2 Å². The molecule has 0 aromatic heterocycles. The number of hydrogen-bond acceptors (Lipinski definition) is 1. The smallest absolute Gasteiger partial charge is 0.00672 e. The van der Waals surface area contributed by atoms with Crippen LogP contribution in [0.25, 0.3) is 0 Å². The number of rotatable bonds is 4. The number of hydrogen-bond donors (Lipinski definition) is 1. The molecule has 0 bridgehead atoms. The summed E-state index contributed by atoms with van der Waals surface area (Å²) in [7, 11) is 0. The molecule has 0 spiro atoms. The summed E-state index contributed by atoms with van der Waals surface area (Å²) >= 11 is 0. The van der Waals surface area contributed by atoms with Crippen LogP contribution in [0, 0.1) is 11.3 Å². The fourth-order valence-electron chi connectivity index (χ4n) is 2.75. The highest BCUT2D eigenvalue weighted by Crippen LogP contribution is 2.36. The molecule has 1 nitrogen and oxygen atoms in total. The normalized spacial score (nSPS) is 28.7. The summed E-state index contributed by atoms with van der Waals surface area (Å²) in [5, 5.41) is 3.75. The lowest BCUT2D eigenvalue weighted by Gasteiger charge is -2.35. The Labute approximate surface area is 88.7 Å². The first-order valence-electron chi connectivity index (χ1n) is 6.43. The van der Waals surface area contributed by atoms with Crippen molar-refractivity contribution < 1.29 is 0 Å². The Bertz CT molecular complexity index is 178. The molecular formula is C13H25N. The summed E-state index contributed by atoms with van der Waals surface area (Å²) in [4.78, 5) is 0.